The summed E-state index contributed by atoms with van der Waals surface area (Å²) in [5, 5.41) is 0. The lowest BCUT2D eigenvalue weighted by molar-refractivity contribution is -0.145. The second-order valence-electron chi connectivity index (χ2n) is 4.65. The van der Waals surface area contributed by atoms with Crippen molar-refractivity contribution < 1.29 is 9.53 Å². The highest BCUT2D eigenvalue weighted by atomic mass is 16.5. The van der Waals surface area contributed by atoms with E-state index in [4.69, 9.17) is 16.2 Å². The van der Waals surface area contributed by atoms with Crippen molar-refractivity contribution >= 4 is 17.3 Å². The van der Waals surface area contributed by atoms with Gasteiger partial charge in [0.05, 0.1) is 0 Å². The van der Waals surface area contributed by atoms with Crippen LogP contribution in [0.15, 0.2) is 18.2 Å². The molecule has 0 saturated heterocycles. The molecule has 1 aromatic carbocycles. The number of carbonyl (C=O) groups is 1. The summed E-state index contributed by atoms with van der Waals surface area (Å²) in [4.78, 5) is 11.4. The van der Waals surface area contributed by atoms with Crippen molar-refractivity contribution in [3.8, 4) is 0 Å². The first-order chi connectivity index (χ1) is 8.13. The van der Waals surface area contributed by atoms with Gasteiger partial charge in [-0.1, -0.05) is 12.8 Å². The molecule has 1 fully saturated rings. The number of nitrogen functional groups attached to an aromatic ring is 2. The molecule has 2 rings (SSSR count). The van der Waals surface area contributed by atoms with Gasteiger partial charge in [-0.2, -0.15) is 0 Å². The monoisotopic (exact) mass is 234 g/mol. The average molecular weight is 234 g/mol. The molecule has 17 heavy (non-hydrogen) atoms. The van der Waals surface area contributed by atoms with Crippen LogP contribution in [0.5, 0.6) is 0 Å². The van der Waals surface area contributed by atoms with Crippen LogP contribution in [-0.2, 0) is 16.1 Å². The fourth-order valence-corrected chi connectivity index (χ4v) is 1.79. The van der Waals surface area contributed by atoms with Gasteiger partial charge in [-0.05, 0) is 36.1 Å². The van der Waals surface area contributed by atoms with E-state index in [0.717, 1.165) is 17.9 Å². The topological polar surface area (TPSA) is 78.3 Å². The third-order valence-corrected chi connectivity index (χ3v) is 2.89. The number of rotatable bonds is 5. The second kappa shape index (κ2) is 5.08. The molecule has 0 spiro atoms. The van der Waals surface area contributed by atoms with Gasteiger partial charge < -0.3 is 16.2 Å². The quantitative estimate of drug-likeness (QED) is 0.604. The van der Waals surface area contributed by atoms with Crippen molar-refractivity contribution in [3.05, 3.63) is 23.8 Å². The molecule has 92 valence electrons. The number of hydrogen-bond donors (Lipinski definition) is 2. The maximum Gasteiger partial charge on any atom is 0.306 e. The van der Waals surface area contributed by atoms with E-state index in [0.29, 0.717) is 17.8 Å². The number of anilines is 2. The Balaban J connectivity index is 1.77. The Morgan fingerprint density at radius 2 is 1.88 bits per heavy atom. The summed E-state index contributed by atoms with van der Waals surface area (Å²) in [6.45, 7) is 0.249. The van der Waals surface area contributed by atoms with Crippen molar-refractivity contribution in [2.24, 2.45) is 5.92 Å². The van der Waals surface area contributed by atoms with E-state index in [-0.39, 0.29) is 12.6 Å². The first-order valence-electron chi connectivity index (χ1n) is 5.94. The normalized spacial score (nSPS) is 14.6. The number of esters is 1. The van der Waals surface area contributed by atoms with Crippen LogP contribution in [0.1, 0.15) is 31.2 Å². The zero-order valence-corrected chi connectivity index (χ0v) is 9.82. The smallest absolute Gasteiger partial charge is 0.306 e. The molecule has 1 aliphatic carbocycles. The van der Waals surface area contributed by atoms with Crippen molar-refractivity contribution in [3.63, 3.8) is 0 Å². The minimum Gasteiger partial charge on any atom is -0.461 e. The maximum atomic E-state index is 11.4. The second-order valence-corrected chi connectivity index (χ2v) is 4.65. The predicted molar refractivity (Wildman–Crippen MR) is 67.0 cm³/mol. The molecule has 0 aliphatic heterocycles. The molecule has 0 aromatic heterocycles. The highest BCUT2D eigenvalue weighted by Crippen LogP contribution is 2.33. The zero-order valence-electron chi connectivity index (χ0n) is 9.82. The third-order valence-electron chi connectivity index (χ3n) is 2.89. The molecule has 4 heteroatoms. The van der Waals surface area contributed by atoms with Gasteiger partial charge in [-0.3, -0.25) is 4.79 Å². The van der Waals surface area contributed by atoms with Crippen LogP contribution < -0.4 is 11.5 Å². The first kappa shape index (κ1) is 11.8. The van der Waals surface area contributed by atoms with E-state index in [2.05, 4.69) is 0 Å². The van der Waals surface area contributed by atoms with E-state index in [9.17, 15) is 4.79 Å². The van der Waals surface area contributed by atoms with Gasteiger partial charge in [-0.15, -0.1) is 0 Å². The molecule has 0 atom stereocenters. The van der Waals surface area contributed by atoms with Gasteiger partial charge >= 0.3 is 5.97 Å². The van der Waals surface area contributed by atoms with E-state index in [1.807, 2.05) is 0 Å². The number of carbonyl (C=O) groups excluding carboxylic acids is 1. The van der Waals surface area contributed by atoms with Crippen molar-refractivity contribution in [1.29, 1.82) is 0 Å². The molecule has 1 aromatic rings. The average Bonchev–Trinajstić information content (AvgIpc) is 3.06. The van der Waals surface area contributed by atoms with Gasteiger partial charge in [0.2, 0.25) is 0 Å². The lowest BCUT2D eigenvalue weighted by Crippen LogP contribution is -2.05. The van der Waals surface area contributed by atoms with Gasteiger partial charge in [0.25, 0.3) is 0 Å². The highest BCUT2D eigenvalue weighted by Gasteiger charge is 2.22. The number of benzene rings is 1. The number of hydrogen-bond acceptors (Lipinski definition) is 4. The Hall–Kier alpha value is -1.71. The standard InChI is InChI=1S/C13H18N2O2/c14-11-5-10(6-12(15)7-11)8-17-13(16)4-3-9-1-2-9/h5-7,9H,1-4,8,14-15H2. The highest BCUT2D eigenvalue weighted by molar-refractivity contribution is 5.69. The van der Waals surface area contributed by atoms with Crippen LogP contribution >= 0.6 is 0 Å². The Labute approximate surface area is 101 Å². The number of nitrogens with two attached hydrogens (primary N) is 2. The molecule has 4 N–H and O–H groups in total. The first-order valence-corrected chi connectivity index (χ1v) is 5.94. The van der Waals surface area contributed by atoms with Crippen LogP contribution in [0.4, 0.5) is 11.4 Å². The van der Waals surface area contributed by atoms with Crippen LogP contribution in [0.2, 0.25) is 0 Å². The van der Waals surface area contributed by atoms with Crippen LogP contribution in [0.25, 0.3) is 0 Å². The molecule has 0 unspecified atom stereocenters. The summed E-state index contributed by atoms with van der Waals surface area (Å²) < 4.78 is 5.17. The van der Waals surface area contributed by atoms with E-state index < -0.39 is 0 Å². The van der Waals surface area contributed by atoms with Crippen LogP contribution in [0, 0.1) is 5.92 Å². The summed E-state index contributed by atoms with van der Waals surface area (Å²) in [5.41, 5.74) is 13.3. The van der Waals surface area contributed by atoms with E-state index in [1.165, 1.54) is 12.8 Å². The Morgan fingerprint density at radius 1 is 1.24 bits per heavy atom. The zero-order chi connectivity index (χ0) is 12.3. The van der Waals surface area contributed by atoms with E-state index in [1.54, 1.807) is 18.2 Å². The summed E-state index contributed by atoms with van der Waals surface area (Å²) in [5.74, 6) is 0.614. The van der Waals surface area contributed by atoms with E-state index >= 15 is 0 Å². The minimum absolute atomic E-state index is 0.141. The van der Waals surface area contributed by atoms with Gasteiger partial charge in [0, 0.05) is 17.8 Å². The molecule has 1 saturated carbocycles. The molecule has 0 radical (unpaired) electrons. The lowest BCUT2D eigenvalue weighted by Gasteiger charge is -2.06. The lowest BCUT2D eigenvalue weighted by atomic mass is 10.2. The number of ether oxygens (including phenoxy) is 1. The molecule has 4 nitrogen and oxygen atoms in total. The molecule has 0 amide bonds. The Morgan fingerprint density at radius 3 is 2.47 bits per heavy atom. The summed E-state index contributed by atoms with van der Waals surface area (Å²) in [7, 11) is 0. The molecular weight excluding hydrogens is 216 g/mol. The fourth-order valence-electron chi connectivity index (χ4n) is 1.79. The van der Waals surface area contributed by atoms with Crippen molar-refractivity contribution in [1.82, 2.24) is 0 Å². The molecule has 0 heterocycles. The predicted octanol–water partition coefficient (Wildman–Crippen LogP) is 2.08. The minimum atomic E-state index is -0.141. The fraction of sp³-hybridized carbons (Fsp3) is 0.462. The molecule has 0 bridgehead atoms. The van der Waals surface area contributed by atoms with Crippen molar-refractivity contribution in [2.75, 3.05) is 11.5 Å². The van der Waals surface area contributed by atoms with Crippen LogP contribution in [0.3, 0.4) is 0 Å². The molecular formula is C13H18N2O2. The third kappa shape index (κ3) is 3.98. The van der Waals surface area contributed by atoms with Crippen molar-refractivity contribution in [2.45, 2.75) is 32.3 Å². The summed E-state index contributed by atoms with van der Waals surface area (Å²) in [6, 6.07) is 5.22. The summed E-state index contributed by atoms with van der Waals surface area (Å²) >= 11 is 0. The summed E-state index contributed by atoms with van der Waals surface area (Å²) in [6.07, 6.45) is 4.00. The van der Waals surface area contributed by atoms with Gasteiger partial charge in [0.15, 0.2) is 0 Å². The molecule has 1 aliphatic rings. The largest absolute Gasteiger partial charge is 0.461 e. The Bertz CT molecular complexity index is 394. The Kier molecular flexibility index (Phi) is 3.52. The van der Waals surface area contributed by atoms with Gasteiger partial charge in [-0.25, -0.2) is 0 Å². The van der Waals surface area contributed by atoms with Gasteiger partial charge in [0.1, 0.15) is 6.61 Å². The SMILES string of the molecule is Nc1cc(N)cc(COC(=O)CCC2CC2)c1. The maximum absolute atomic E-state index is 11.4. The van der Waals surface area contributed by atoms with Crippen LogP contribution in [-0.4, -0.2) is 5.97 Å².